The van der Waals surface area contributed by atoms with Crippen molar-refractivity contribution in [2.45, 2.75) is 33.2 Å². The number of carbonyl (C=O) groups excluding carboxylic acids is 2. The largest absolute Gasteiger partial charge is 0.493 e. The standard InChI is InChI=1S/C31H29FN4O5S/c1-3-10-34-30(38)24-7-5-19(27(35-24)31(39)40)20-14-25-22(28-17(8-11-41-25)9-12-42-28)13-21(20)29(37)36-23-6-4-18(15-33)26(32)16(23)2/h4-7,9,12-14H,3,8,10-11,15,33H2,1-2H3,(H,34,38)(H,36,37)(H,39,40). The first-order valence-electron chi connectivity index (χ1n) is 13.4. The molecule has 9 nitrogen and oxygen atoms in total. The number of rotatable bonds is 8. The molecule has 5 rings (SSSR count). The molecule has 0 atom stereocenters. The Balaban J connectivity index is 1.67. The zero-order valence-electron chi connectivity index (χ0n) is 23.0. The van der Waals surface area contributed by atoms with Crippen LogP contribution in [0.25, 0.3) is 21.6 Å². The van der Waals surface area contributed by atoms with E-state index in [9.17, 15) is 23.9 Å². The van der Waals surface area contributed by atoms with Gasteiger partial charge in [0.15, 0.2) is 5.69 Å². The maximum Gasteiger partial charge on any atom is 0.355 e. The fourth-order valence-electron chi connectivity index (χ4n) is 4.85. The number of thiophene rings is 1. The summed E-state index contributed by atoms with van der Waals surface area (Å²) in [7, 11) is 0. The fourth-order valence-corrected chi connectivity index (χ4v) is 5.82. The topological polar surface area (TPSA) is 144 Å². The maximum atomic E-state index is 14.8. The number of carboxylic acids is 1. The van der Waals surface area contributed by atoms with Gasteiger partial charge in [0.1, 0.15) is 17.3 Å². The number of carbonyl (C=O) groups is 3. The first-order valence-corrected chi connectivity index (χ1v) is 14.3. The number of hydrogen-bond donors (Lipinski definition) is 4. The van der Waals surface area contributed by atoms with Gasteiger partial charge in [-0.2, -0.15) is 0 Å². The zero-order chi connectivity index (χ0) is 30.0. The summed E-state index contributed by atoms with van der Waals surface area (Å²) in [5, 5.41) is 17.5. The van der Waals surface area contributed by atoms with E-state index in [4.69, 9.17) is 10.5 Å². The highest BCUT2D eigenvalue weighted by Crippen LogP contribution is 2.43. The predicted molar refractivity (Wildman–Crippen MR) is 159 cm³/mol. The Hall–Kier alpha value is -4.61. The number of pyridine rings is 1. The molecule has 0 saturated carbocycles. The second-order valence-corrected chi connectivity index (χ2v) is 10.7. The second-order valence-electron chi connectivity index (χ2n) is 9.79. The van der Waals surface area contributed by atoms with Crippen LogP contribution in [0, 0.1) is 12.7 Å². The van der Waals surface area contributed by atoms with E-state index >= 15 is 0 Å². The predicted octanol–water partition coefficient (Wildman–Crippen LogP) is 5.41. The number of anilines is 1. The number of ether oxygens (including phenoxy) is 1. The van der Waals surface area contributed by atoms with Crippen LogP contribution in [0.3, 0.4) is 0 Å². The van der Waals surface area contributed by atoms with E-state index in [1.807, 2.05) is 18.4 Å². The summed E-state index contributed by atoms with van der Waals surface area (Å²) in [4.78, 5) is 43.9. The SMILES string of the molecule is CCCNC(=O)c1ccc(-c2cc3c(cc2C(=O)Nc2ccc(CN)c(F)c2C)-c2sccc2CCO3)c(C(=O)O)n1. The molecule has 216 valence electrons. The summed E-state index contributed by atoms with van der Waals surface area (Å²) in [6, 6.07) is 11.3. The van der Waals surface area contributed by atoms with Crippen molar-refractivity contribution in [3.05, 3.63) is 87.3 Å². The van der Waals surface area contributed by atoms with E-state index in [-0.39, 0.29) is 40.2 Å². The highest BCUT2D eigenvalue weighted by atomic mass is 32.1. The van der Waals surface area contributed by atoms with Gasteiger partial charge in [0.25, 0.3) is 11.8 Å². The summed E-state index contributed by atoms with van der Waals surface area (Å²) in [5.74, 6) is -2.48. The van der Waals surface area contributed by atoms with Crippen LogP contribution < -0.4 is 21.1 Å². The molecule has 0 unspecified atom stereocenters. The van der Waals surface area contributed by atoms with E-state index in [1.165, 1.54) is 29.5 Å². The molecule has 2 aromatic carbocycles. The Morgan fingerprint density at radius 3 is 2.64 bits per heavy atom. The van der Waals surface area contributed by atoms with Gasteiger partial charge < -0.3 is 26.2 Å². The van der Waals surface area contributed by atoms with Crippen LogP contribution in [0.4, 0.5) is 10.1 Å². The van der Waals surface area contributed by atoms with Crippen LogP contribution in [0.5, 0.6) is 5.75 Å². The van der Waals surface area contributed by atoms with Crippen molar-refractivity contribution in [2.24, 2.45) is 5.73 Å². The van der Waals surface area contributed by atoms with Gasteiger partial charge in [0.05, 0.1) is 6.61 Å². The minimum absolute atomic E-state index is 0.0104. The van der Waals surface area contributed by atoms with Gasteiger partial charge in [-0.3, -0.25) is 9.59 Å². The maximum absolute atomic E-state index is 14.8. The molecule has 2 amide bonds. The van der Waals surface area contributed by atoms with Gasteiger partial charge in [-0.1, -0.05) is 13.0 Å². The molecular formula is C31H29FN4O5S. The molecule has 5 N–H and O–H groups in total. The first kappa shape index (κ1) is 28.9. The lowest BCUT2D eigenvalue weighted by Crippen LogP contribution is -2.25. The van der Waals surface area contributed by atoms with Crippen LogP contribution in [-0.4, -0.2) is 41.0 Å². The van der Waals surface area contributed by atoms with Crippen molar-refractivity contribution in [1.82, 2.24) is 10.3 Å². The lowest BCUT2D eigenvalue weighted by molar-refractivity contribution is 0.0691. The molecule has 1 aliphatic rings. The van der Waals surface area contributed by atoms with Gasteiger partial charge >= 0.3 is 5.97 Å². The first-order chi connectivity index (χ1) is 20.2. The highest BCUT2D eigenvalue weighted by Gasteiger charge is 2.27. The van der Waals surface area contributed by atoms with E-state index in [1.54, 1.807) is 25.1 Å². The molecule has 0 fully saturated rings. The summed E-state index contributed by atoms with van der Waals surface area (Å²) >= 11 is 1.51. The van der Waals surface area contributed by atoms with Gasteiger partial charge in [-0.05, 0) is 60.7 Å². The molecule has 2 aromatic heterocycles. The van der Waals surface area contributed by atoms with Crippen molar-refractivity contribution < 1.29 is 28.6 Å². The average molecular weight is 589 g/mol. The third kappa shape index (κ3) is 5.48. The number of nitrogens with zero attached hydrogens (tertiary/aromatic N) is 1. The molecule has 0 aliphatic carbocycles. The Bertz CT molecular complexity index is 1720. The number of halogens is 1. The Labute approximate surface area is 245 Å². The Morgan fingerprint density at radius 1 is 1.10 bits per heavy atom. The summed E-state index contributed by atoms with van der Waals surface area (Å²) < 4.78 is 20.9. The highest BCUT2D eigenvalue weighted by molar-refractivity contribution is 7.13. The third-order valence-electron chi connectivity index (χ3n) is 7.08. The van der Waals surface area contributed by atoms with E-state index < -0.39 is 29.3 Å². The summed E-state index contributed by atoms with van der Waals surface area (Å²) in [6.45, 7) is 4.26. The number of fused-ring (bicyclic) bond motifs is 3. The van der Waals surface area contributed by atoms with Crippen molar-refractivity contribution >= 4 is 34.8 Å². The Morgan fingerprint density at radius 2 is 1.90 bits per heavy atom. The van der Waals surface area contributed by atoms with Crippen molar-refractivity contribution in [3.8, 4) is 27.3 Å². The van der Waals surface area contributed by atoms with Crippen LogP contribution in [0.1, 0.15) is 61.4 Å². The molecule has 0 bridgehead atoms. The molecule has 3 heterocycles. The normalized spacial score (nSPS) is 12.0. The summed E-state index contributed by atoms with van der Waals surface area (Å²) in [5.41, 5.74) is 8.23. The minimum atomic E-state index is -1.37. The van der Waals surface area contributed by atoms with Gasteiger partial charge in [-0.25, -0.2) is 14.2 Å². The molecule has 1 aliphatic heterocycles. The fraction of sp³-hybridized carbons (Fsp3) is 0.226. The number of aromatic nitrogens is 1. The summed E-state index contributed by atoms with van der Waals surface area (Å²) in [6.07, 6.45) is 1.37. The zero-order valence-corrected chi connectivity index (χ0v) is 23.9. The number of benzene rings is 2. The molecular weight excluding hydrogens is 559 g/mol. The number of carboxylic acid groups (broad SMARTS) is 1. The van der Waals surface area contributed by atoms with E-state index in [0.717, 1.165) is 10.4 Å². The number of amides is 2. The molecule has 42 heavy (non-hydrogen) atoms. The average Bonchev–Trinajstić information content (AvgIpc) is 3.39. The number of nitrogens with one attached hydrogen (secondary N) is 2. The smallest absolute Gasteiger partial charge is 0.355 e. The van der Waals surface area contributed by atoms with Gasteiger partial charge in [0, 0.05) is 63.5 Å². The quantitative estimate of drug-likeness (QED) is 0.216. The van der Waals surface area contributed by atoms with E-state index in [0.29, 0.717) is 42.9 Å². The third-order valence-corrected chi connectivity index (χ3v) is 8.07. The van der Waals surface area contributed by atoms with Gasteiger partial charge in [-0.15, -0.1) is 11.3 Å². The molecule has 4 aromatic rings. The van der Waals surface area contributed by atoms with Crippen molar-refractivity contribution in [3.63, 3.8) is 0 Å². The molecule has 0 saturated heterocycles. The number of nitrogens with two attached hydrogens (primary N) is 1. The van der Waals surface area contributed by atoms with Crippen LogP contribution in [0.15, 0.2) is 47.8 Å². The van der Waals surface area contributed by atoms with Gasteiger partial charge in [0.2, 0.25) is 0 Å². The van der Waals surface area contributed by atoms with Crippen molar-refractivity contribution in [1.29, 1.82) is 0 Å². The van der Waals surface area contributed by atoms with Crippen LogP contribution in [0.2, 0.25) is 0 Å². The molecule has 0 radical (unpaired) electrons. The molecule has 0 spiro atoms. The number of aromatic carboxylic acids is 1. The van der Waals surface area contributed by atoms with Crippen molar-refractivity contribution in [2.75, 3.05) is 18.5 Å². The number of hydrogen-bond acceptors (Lipinski definition) is 7. The van der Waals surface area contributed by atoms with Crippen LogP contribution in [-0.2, 0) is 13.0 Å². The minimum Gasteiger partial charge on any atom is -0.493 e. The lowest BCUT2D eigenvalue weighted by atomic mass is 9.93. The molecule has 11 heteroatoms. The second kappa shape index (κ2) is 12.1. The lowest BCUT2D eigenvalue weighted by Gasteiger charge is -2.18. The van der Waals surface area contributed by atoms with E-state index in [2.05, 4.69) is 15.6 Å². The monoisotopic (exact) mass is 588 g/mol. The van der Waals surface area contributed by atoms with Crippen LogP contribution >= 0.6 is 11.3 Å². The Kier molecular flexibility index (Phi) is 8.32.